The maximum Gasteiger partial charge on any atom is 0.318 e. The first-order valence-corrected chi connectivity index (χ1v) is 9.60. The molecule has 6 nitrogen and oxygen atoms in total. The molecule has 27 heavy (non-hydrogen) atoms. The van der Waals surface area contributed by atoms with Crippen molar-refractivity contribution in [3.63, 3.8) is 0 Å². The summed E-state index contributed by atoms with van der Waals surface area (Å²) in [4.78, 5) is 19.0. The van der Waals surface area contributed by atoms with Gasteiger partial charge in [-0.1, -0.05) is 12.1 Å². The number of amides is 2. The lowest BCUT2D eigenvalue weighted by Gasteiger charge is -2.29. The molecule has 4 rings (SSSR count). The quantitative estimate of drug-likeness (QED) is 0.748. The summed E-state index contributed by atoms with van der Waals surface area (Å²) in [5, 5.41) is 3.90. The lowest BCUT2D eigenvalue weighted by molar-refractivity contribution is 0.191. The predicted octanol–water partition coefficient (Wildman–Crippen LogP) is 3.58. The molecule has 2 amide bonds. The summed E-state index contributed by atoms with van der Waals surface area (Å²) in [5.41, 5.74) is 3.26. The Morgan fingerprint density at radius 1 is 1.19 bits per heavy atom. The van der Waals surface area contributed by atoms with Crippen molar-refractivity contribution in [2.45, 2.75) is 19.5 Å². The summed E-state index contributed by atoms with van der Waals surface area (Å²) in [5.74, 6) is 1.41. The third-order valence-electron chi connectivity index (χ3n) is 4.73. The van der Waals surface area contributed by atoms with Crippen molar-refractivity contribution in [1.29, 1.82) is 0 Å². The fraction of sp³-hybridized carbons (Fsp3) is 0.300. The molecule has 1 aliphatic heterocycles. The molecule has 0 fully saturated rings. The Morgan fingerprint density at radius 3 is 2.67 bits per heavy atom. The highest BCUT2D eigenvalue weighted by atomic mass is 32.1. The molecule has 140 valence electrons. The molecule has 0 aliphatic carbocycles. The highest BCUT2D eigenvalue weighted by molar-refractivity contribution is 7.18. The van der Waals surface area contributed by atoms with Gasteiger partial charge >= 0.3 is 6.03 Å². The van der Waals surface area contributed by atoms with Crippen LogP contribution in [0, 0.1) is 0 Å². The van der Waals surface area contributed by atoms with Crippen LogP contribution < -0.4 is 14.8 Å². The number of hydrogen-bond acceptors (Lipinski definition) is 5. The number of methoxy groups -OCH3 is 2. The van der Waals surface area contributed by atoms with Gasteiger partial charge in [-0.2, -0.15) is 0 Å². The van der Waals surface area contributed by atoms with E-state index in [1.165, 1.54) is 5.56 Å². The molecule has 0 spiro atoms. The Kier molecular flexibility index (Phi) is 4.85. The third kappa shape index (κ3) is 3.55. The number of aromatic nitrogens is 1. The molecule has 0 radical (unpaired) electrons. The van der Waals surface area contributed by atoms with Crippen molar-refractivity contribution < 1.29 is 14.3 Å². The molecule has 2 heterocycles. The second-order valence-electron chi connectivity index (χ2n) is 6.38. The van der Waals surface area contributed by atoms with E-state index in [2.05, 4.69) is 10.3 Å². The summed E-state index contributed by atoms with van der Waals surface area (Å²) in [6, 6.07) is 11.9. The van der Waals surface area contributed by atoms with Crippen LogP contribution in [0.5, 0.6) is 11.5 Å². The van der Waals surface area contributed by atoms with Crippen LogP contribution >= 0.6 is 11.3 Å². The molecule has 1 aromatic heterocycles. The first-order chi connectivity index (χ1) is 13.2. The van der Waals surface area contributed by atoms with Gasteiger partial charge in [0.2, 0.25) is 0 Å². The van der Waals surface area contributed by atoms with Gasteiger partial charge in [0.1, 0.15) is 5.01 Å². The van der Waals surface area contributed by atoms with Crippen LogP contribution in [-0.4, -0.2) is 36.7 Å². The average molecular weight is 383 g/mol. The van der Waals surface area contributed by atoms with Crippen LogP contribution in [-0.2, 0) is 19.5 Å². The molecule has 3 aromatic rings. The van der Waals surface area contributed by atoms with E-state index in [0.717, 1.165) is 33.0 Å². The lowest BCUT2D eigenvalue weighted by Crippen LogP contribution is -2.42. The smallest absolute Gasteiger partial charge is 0.318 e. The standard InChI is InChI=1S/C20H21N3O3S/c1-25-16-9-13-7-8-23(12-14(13)10-17(16)26-2)20(24)21-11-19-22-15-5-3-4-6-18(15)27-19/h3-6,9-10H,7-8,11-12H2,1-2H3,(H,21,24). The van der Waals surface area contributed by atoms with Gasteiger partial charge in [-0.05, 0) is 41.8 Å². The highest BCUT2D eigenvalue weighted by Crippen LogP contribution is 2.33. The van der Waals surface area contributed by atoms with E-state index in [1.54, 1.807) is 25.6 Å². The third-order valence-corrected chi connectivity index (χ3v) is 5.77. The fourth-order valence-electron chi connectivity index (χ4n) is 3.32. The zero-order valence-electron chi connectivity index (χ0n) is 15.3. The number of benzene rings is 2. The van der Waals surface area contributed by atoms with Gasteiger partial charge in [-0.15, -0.1) is 11.3 Å². The van der Waals surface area contributed by atoms with Crippen molar-refractivity contribution in [2.24, 2.45) is 0 Å². The van der Waals surface area contributed by atoms with E-state index in [0.29, 0.717) is 25.4 Å². The molecular formula is C20H21N3O3S. The van der Waals surface area contributed by atoms with E-state index in [4.69, 9.17) is 9.47 Å². The summed E-state index contributed by atoms with van der Waals surface area (Å²) in [6.07, 6.45) is 0.796. The predicted molar refractivity (Wildman–Crippen MR) is 106 cm³/mol. The van der Waals surface area contributed by atoms with E-state index >= 15 is 0 Å². The zero-order valence-corrected chi connectivity index (χ0v) is 16.1. The monoisotopic (exact) mass is 383 g/mol. The van der Waals surface area contributed by atoms with Crippen molar-refractivity contribution >= 4 is 27.6 Å². The molecule has 7 heteroatoms. The molecule has 2 aromatic carbocycles. The van der Waals surface area contributed by atoms with Crippen molar-refractivity contribution in [3.8, 4) is 11.5 Å². The van der Waals surface area contributed by atoms with Gasteiger partial charge in [0.05, 0.1) is 31.0 Å². The van der Waals surface area contributed by atoms with Crippen molar-refractivity contribution in [3.05, 3.63) is 52.5 Å². The van der Waals surface area contributed by atoms with Gasteiger partial charge in [-0.3, -0.25) is 0 Å². The van der Waals surface area contributed by atoms with E-state index < -0.39 is 0 Å². The molecular weight excluding hydrogens is 362 g/mol. The number of urea groups is 1. The lowest BCUT2D eigenvalue weighted by atomic mass is 9.99. The van der Waals surface area contributed by atoms with Crippen LogP contribution in [0.25, 0.3) is 10.2 Å². The Balaban J connectivity index is 1.43. The number of thiazole rings is 1. The first-order valence-electron chi connectivity index (χ1n) is 8.79. The van der Waals surface area contributed by atoms with Crippen molar-refractivity contribution in [2.75, 3.05) is 20.8 Å². The first kappa shape index (κ1) is 17.6. The number of carbonyl (C=O) groups is 1. The Morgan fingerprint density at radius 2 is 1.93 bits per heavy atom. The number of fused-ring (bicyclic) bond motifs is 2. The normalized spacial score (nSPS) is 13.3. The molecule has 0 unspecified atom stereocenters. The maximum absolute atomic E-state index is 12.6. The van der Waals surface area contributed by atoms with E-state index in [-0.39, 0.29) is 6.03 Å². The largest absolute Gasteiger partial charge is 0.493 e. The second kappa shape index (κ2) is 7.44. The van der Waals surface area contributed by atoms with Gasteiger partial charge < -0.3 is 19.7 Å². The number of rotatable bonds is 4. The Labute approximate surface area is 161 Å². The number of para-hydroxylation sites is 1. The summed E-state index contributed by atoms with van der Waals surface area (Å²) in [6.45, 7) is 1.67. The summed E-state index contributed by atoms with van der Waals surface area (Å²) >= 11 is 1.61. The number of nitrogens with zero attached hydrogens (tertiary/aromatic N) is 2. The van der Waals surface area contributed by atoms with E-state index in [9.17, 15) is 4.79 Å². The minimum atomic E-state index is -0.0744. The van der Waals surface area contributed by atoms with E-state index in [1.807, 2.05) is 41.3 Å². The maximum atomic E-state index is 12.6. The Hall–Kier alpha value is -2.80. The van der Waals surface area contributed by atoms with Gasteiger partial charge in [0.25, 0.3) is 0 Å². The number of nitrogens with one attached hydrogen (secondary N) is 1. The average Bonchev–Trinajstić information content (AvgIpc) is 3.13. The van der Waals surface area contributed by atoms with Crippen LogP contribution in [0.2, 0.25) is 0 Å². The topological polar surface area (TPSA) is 63.7 Å². The Bertz CT molecular complexity index is 953. The molecule has 0 saturated heterocycles. The van der Waals surface area contributed by atoms with Crippen LogP contribution in [0.1, 0.15) is 16.1 Å². The number of hydrogen-bond donors (Lipinski definition) is 1. The second-order valence-corrected chi connectivity index (χ2v) is 7.50. The minimum absolute atomic E-state index is 0.0744. The molecule has 0 bridgehead atoms. The van der Waals surface area contributed by atoms with Gasteiger partial charge in [-0.25, -0.2) is 9.78 Å². The van der Waals surface area contributed by atoms with Crippen LogP contribution in [0.4, 0.5) is 4.79 Å². The molecule has 0 saturated carbocycles. The van der Waals surface area contributed by atoms with Crippen molar-refractivity contribution in [1.82, 2.24) is 15.2 Å². The zero-order chi connectivity index (χ0) is 18.8. The number of ether oxygens (including phenoxy) is 2. The minimum Gasteiger partial charge on any atom is -0.493 e. The van der Waals surface area contributed by atoms with Crippen LogP contribution in [0.3, 0.4) is 0 Å². The summed E-state index contributed by atoms with van der Waals surface area (Å²) < 4.78 is 11.9. The van der Waals surface area contributed by atoms with Gasteiger partial charge in [0.15, 0.2) is 11.5 Å². The molecule has 1 N–H and O–H groups in total. The SMILES string of the molecule is COc1cc2c(cc1OC)CN(C(=O)NCc1nc3ccccc3s1)CC2. The van der Waals surface area contributed by atoms with Crippen LogP contribution in [0.15, 0.2) is 36.4 Å². The summed E-state index contributed by atoms with van der Waals surface area (Å²) in [7, 11) is 3.25. The van der Waals surface area contributed by atoms with Gasteiger partial charge in [0, 0.05) is 13.1 Å². The number of carbonyl (C=O) groups excluding carboxylic acids is 1. The molecule has 1 aliphatic rings. The highest BCUT2D eigenvalue weighted by Gasteiger charge is 2.23. The molecule has 0 atom stereocenters. The fourth-order valence-corrected chi connectivity index (χ4v) is 4.22.